The first kappa shape index (κ1) is 31.6. The Kier molecular flexibility index (Phi) is 9.73. The van der Waals surface area contributed by atoms with Crippen LogP contribution < -0.4 is 29.1 Å². The molecule has 10 heteroatoms. The number of aromatic hydroxyl groups is 1. The minimum atomic E-state index is -0.834. The number of phenolic OH excluding ortho intramolecular Hbond substituents is 1. The normalized spacial score (nSPS) is 14.6. The standard InChI is InChI=1S/C35H36N2O7S/c1-21(2)15-16-43-27-14-12-25(19-29(27)42-5)32-31(34(40)44-20-23-9-7-6-8-10-23)22(3)36-35-37(32)33(39)30(45-35)18-24-11-13-26(38)28(17-24)41-4/h6-14,17-19,21,32,38H,15-16,20H2,1-5H3. The molecule has 0 bridgehead atoms. The van der Waals surface area contributed by atoms with E-state index in [0.29, 0.717) is 50.2 Å². The Morgan fingerprint density at radius 1 is 1.02 bits per heavy atom. The average molecular weight is 629 g/mol. The van der Waals surface area contributed by atoms with Crippen LogP contribution >= 0.6 is 11.3 Å². The third-order valence-corrected chi connectivity index (χ3v) is 8.40. The molecule has 0 amide bonds. The number of rotatable bonds is 11. The minimum absolute atomic E-state index is 0.00373. The topological polar surface area (TPSA) is 109 Å². The molecule has 0 saturated carbocycles. The molecule has 1 N–H and O–H groups in total. The molecule has 4 aromatic rings. The molecule has 1 atom stereocenters. The van der Waals surface area contributed by atoms with Gasteiger partial charge in [-0.1, -0.05) is 67.6 Å². The number of hydrogen-bond acceptors (Lipinski definition) is 9. The molecule has 0 spiro atoms. The number of esters is 1. The molecule has 9 nitrogen and oxygen atoms in total. The zero-order valence-electron chi connectivity index (χ0n) is 25.9. The number of carbonyl (C=O) groups excluding carboxylic acids is 1. The number of ether oxygens (including phenoxy) is 4. The van der Waals surface area contributed by atoms with E-state index < -0.39 is 12.0 Å². The van der Waals surface area contributed by atoms with Gasteiger partial charge in [-0.05, 0) is 66.3 Å². The number of fused-ring (bicyclic) bond motifs is 1. The van der Waals surface area contributed by atoms with Crippen LogP contribution in [0.3, 0.4) is 0 Å². The van der Waals surface area contributed by atoms with E-state index in [0.717, 1.165) is 12.0 Å². The summed E-state index contributed by atoms with van der Waals surface area (Å²) in [6.45, 7) is 6.61. The lowest BCUT2D eigenvalue weighted by atomic mass is 9.95. The van der Waals surface area contributed by atoms with Crippen molar-refractivity contribution in [2.24, 2.45) is 10.9 Å². The largest absolute Gasteiger partial charge is 0.504 e. The van der Waals surface area contributed by atoms with E-state index in [-0.39, 0.29) is 29.2 Å². The summed E-state index contributed by atoms with van der Waals surface area (Å²) in [6, 6.07) is 18.8. The van der Waals surface area contributed by atoms with Crippen LogP contribution in [0.1, 0.15) is 49.9 Å². The Morgan fingerprint density at radius 2 is 1.78 bits per heavy atom. The highest BCUT2D eigenvalue weighted by Crippen LogP contribution is 2.36. The number of benzene rings is 3. The number of thiazole rings is 1. The summed E-state index contributed by atoms with van der Waals surface area (Å²) >= 11 is 1.21. The fourth-order valence-corrected chi connectivity index (χ4v) is 6.06. The van der Waals surface area contributed by atoms with Gasteiger partial charge in [-0.3, -0.25) is 9.36 Å². The molecule has 0 saturated heterocycles. The van der Waals surface area contributed by atoms with Gasteiger partial charge in [0.05, 0.1) is 42.7 Å². The van der Waals surface area contributed by atoms with Crippen molar-refractivity contribution >= 4 is 23.4 Å². The fourth-order valence-electron chi connectivity index (χ4n) is 5.01. The van der Waals surface area contributed by atoms with Crippen molar-refractivity contribution in [2.75, 3.05) is 20.8 Å². The third-order valence-electron chi connectivity index (χ3n) is 7.41. The van der Waals surface area contributed by atoms with Crippen LogP contribution in [0.4, 0.5) is 0 Å². The highest BCUT2D eigenvalue weighted by Gasteiger charge is 2.34. The van der Waals surface area contributed by atoms with Crippen LogP contribution in [-0.2, 0) is 16.1 Å². The SMILES string of the molecule is COc1cc(C=c2sc3n(c2=O)C(c2ccc(OCCC(C)C)c(OC)c2)C(C(=O)OCc2ccccc2)=C(C)N=3)ccc1O. The summed E-state index contributed by atoms with van der Waals surface area (Å²) in [7, 11) is 3.02. The molecular formula is C35H36N2O7S. The summed E-state index contributed by atoms with van der Waals surface area (Å²) < 4.78 is 24.6. The summed E-state index contributed by atoms with van der Waals surface area (Å²) in [4.78, 5) is 33.0. The lowest BCUT2D eigenvalue weighted by Gasteiger charge is -2.25. The van der Waals surface area contributed by atoms with E-state index in [4.69, 9.17) is 18.9 Å². The number of hydrogen-bond donors (Lipinski definition) is 1. The molecule has 3 aromatic carbocycles. The zero-order chi connectivity index (χ0) is 32.1. The molecule has 1 aliphatic heterocycles. The van der Waals surface area contributed by atoms with Crippen molar-refractivity contribution in [3.8, 4) is 23.0 Å². The monoisotopic (exact) mass is 628 g/mol. The van der Waals surface area contributed by atoms with Gasteiger partial charge in [0.2, 0.25) is 0 Å². The second kappa shape index (κ2) is 13.9. The number of allylic oxidation sites excluding steroid dienone is 1. The quantitative estimate of drug-likeness (QED) is 0.230. The smallest absolute Gasteiger partial charge is 0.338 e. The Balaban J connectivity index is 1.61. The number of methoxy groups -OCH3 is 2. The van der Waals surface area contributed by atoms with Crippen LogP contribution in [0, 0.1) is 5.92 Å². The summed E-state index contributed by atoms with van der Waals surface area (Å²) in [5.41, 5.74) is 2.53. The van der Waals surface area contributed by atoms with Gasteiger partial charge in [-0.2, -0.15) is 0 Å². The van der Waals surface area contributed by atoms with Crippen molar-refractivity contribution in [3.05, 3.63) is 114 Å². The molecule has 1 aliphatic rings. The molecule has 5 rings (SSSR count). The molecule has 1 unspecified atom stereocenters. The fraction of sp³-hybridized carbons (Fsp3) is 0.286. The second-order valence-electron chi connectivity index (χ2n) is 11.0. The van der Waals surface area contributed by atoms with Gasteiger partial charge in [0.1, 0.15) is 6.61 Å². The van der Waals surface area contributed by atoms with E-state index >= 15 is 0 Å². The number of aromatic nitrogens is 1. The molecule has 1 aromatic heterocycles. The Labute approximate surface area is 265 Å². The highest BCUT2D eigenvalue weighted by molar-refractivity contribution is 7.07. The van der Waals surface area contributed by atoms with Crippen molar-refractivity contribution in [1.29, 1.82) is 0 Å². The Hall–Kier alpha value is -4.83. The first-order valence-electron chi connectivity index (χ1n) is 14.6. The van der Waals surface area contributed by atoms with Crippen LogP contribution in [0.2, 0.25) is 0 Å². The summed E-state index contributed by atoms with van der Waals surface area (Å²) in [5, 5.41) is 10.0. The van der Waals surface area contributed by atoms with Crippen molar-refractivity contribution in [2.45, 2.75) is 39.8 Å². The predicted octanol–water partition coefficient (Wildman–Crippen LogP) is 5.13. The maximum absolute atomic E-state index is 14.1. The summed E-state index contributed by atoms with van der Waals surface area (Å²) in [6.07, 6.45) is 2.59. The zero-order valence-corrected chi connectivity index (χ0v) is 26.7. The molecule has 2 heterocycles. The lowest BCUT2D eigenvalue weighted by Crippen LogP contribution is -2.39. The molecule has 0 radical (unpaired) electrons. The Morgan fingerprint density at radius 3 is 2.49 bits per heavy atom. The molecule has 234 valence electrons. The van der Waals surface area contributed by atoms with Gasteiger partial charge < -0.3 is 24.1 Å². The van der Waals surface area contributed by atoms with Crippen LogP contribution in [0.5, 0.6) is 23.0 Å². The molecule has 45 heavy (non-hydrogen) atoms. The van der Waals surface area contributed by atoms with E-state index in [9.17, 15) is 14.7 Å². The third kappa shape index (κ3) is 6.96. The summed E-state index contributed by atoms with van der Waals surface area (Å²) in [5.74, 6) is 1.26. The van der Waals surface area contributed by atoms with E-state index in [1.165, 1.54) is 29.1 Å². The van der Waals surface area contributed by atoms with Crippen molar-refractivity contribution in [3.63, 3.8) is 0 Å². The molecular weight excluding hydrogens is 592 g/mol. The molecule has 0 fully saturated rings. The van der Waals surface area contributed by atoms with Crippen LogP contribution in [-0.4, -0.2) is 36.5 Å². The van der Waals surface area contributed by atoms with E-state index in [1.54, 1.807) is 44.4 Å². The number of carbonyl (C=O) groups is 1. The highest BCUT2D eigenvalue weighted by atomic mass is 32.1. The van der Waals surface area contributed by atoms with Gasteiger partial charge in [0, 0.05) is 0 Å². The van der Waals surface area contributed by atoms with E-state index in [1.807, 2.05) is 36.4 Å². The van der Waals surface area contributed by atoms with E-state index in [2.05, 4.69) is 18.8 Å². The predicted molar refractivity (Wildman–Crippen MR) is 173 cm³/mol. The first-order valence-corrected chi connectivity index (χ1v) is 15.4. The maximum atomic E-state index is 14.1. The second-order valence-corrected chi connectivity index (χ2v) is 12.0. The van der Waals surface area contributed by atoms with Gasteiger partial charge >= 0.3 is 5.97 Å². The maximum Gasteiger partial charge on any atom is 0.338 e. The number of nitrogens with zero attached hydrogens (tertiary/aromatic N) is 2. The minimum Gasteiger partial charge on any atom is -0.504 e. The Bertz CT molecular complexity index is 1910. The van der Waals surface area contributed by atoms with Crippen molar-refractivity contribution < 1.29 is 28.8 Å². The van der Waals surface area contributed by atoms with Crippen molar-refractivity contribution in [1.82, 2.24) is 4.57 Å². The van der Waals surface area contributed by atoms with Crippen LogP contribution in [0.25, 0.3) is 6.08 Å². The van der Waals surface area contributed by atoms with Gasteiger partial charge in [0.25, 0.3) is 5.56 Å². The van der Waals surface area contributed by atoms with Gasteiger partial charge in [0.15, 0.2) is 27.8 Å². The van der Waals surface area contributed by atoms with Crippen LogP contribution in [0.15, 0.2) is 87.8 Å². The molecule has 0 aliphatic carbocycles. The van der Waals surface area contributed by atoms with Gasteiger partial charge in [-0.15, -0.1) is 0 Å². The average Bonchev–Trinajstić information content (AvgIpc) is 3.34. The number of phenols is 1. The lowest BCUT2D eigenvalue weighted by molar-refractivity contribution is -0.140. The first-order chi connectivity index (χ1) is 21.7. The van der Waals surface area contributed by atoms with Gasteiger partial charge in [-0.25, -0.2) is 9.79 Å².